The van der Waals surface area contributed by atoms with Gasteiger partial charge in [0.1, 0.15) is 12.3 Å². The molecule has 2 aliphatic heterocycles. The lowest BCUT2D eigenvalue weighted by Gasteiger charge is -2.42. The lowest BCUT2D eigenvalue weighted by molar-refractivity contribution is -0.146. The van der Waals surface area contributed by atoms with Crippen LogP contribution in [0.3, 0.4) is 0 Å². The van der Waals surface area contributed by atoms with E-state index in [0.29, 0.717) is 38.3 Å². The van der Waals surface area contributed by atoms with E-state index in [9.17, 15) is 9.59 Å². The Morgan fingerprint density at radius 1 is 1.43 bits per heavy atom. The Balaban J connectivity index is 1.34. The highest BCUT2D eigenvalue weighted by Crippen LogP contribution is 2.41. The van der Waals surface area contributed by atoms with Gasteiger partial charge in [0.2, 0.25) is 5.91 Å². The first-order valence-corrected chi connectivity index (χ1v) is 9.08. The third kappa shape index (κ3) is 2.76. The summed E-state index contributed by atoms with van der Waals surface area (Å²) in [7, 11) is 1.79. The highest BCUT2D eigenvalue weighted by Gasteiger charge is 2.47. The molecule has 1 aliphatic carbocycles. The molecule has 2 amide bonds. The van der Waals surface area contributed by atoms with Crippen LogP contribution < -0.4 is 0 Å². The van der Waals surface area contributed by atoms with Crippen molar-refractivity contribution in [1.29, 1.82) is 0 Å². The minimum absolute atomic E-state index is 0.0276. The fraction of sp³-hybridized carbons (Fsp3) is 0.688. The topological polar surface area (TPSA) is 62.7 Å². The van der Waals surface area contributed by atoms with Crippen molar-refractivity contribution >= 4 is 23.2 Å². The maximum atomic E-state index is 12.5. The number of thiazole rings is 1. The fourth-order valence-corrected chi connectivity index (χ4v) is 4.38. The molecule has 1 saturated carbocycles. The first-order valence-electron chi connectivity index (χ1n) is 8.20. The molecule has 3 aliphatic rings. The van der Waals surface area contributed by atoms with Gasteiger partial charge in [-0.1, -0.05) is 0 Å². The molecule has 0 atom stereocenters. The van der Waals surface area contributed by atoms with E-state index in [1.165, 1.54) is 17.8 Å². The summed E-state index contributed by atoms with van der Waals surface area (Å²) in [5.74, 6) is 0.797. The second-order valence-electron chi connectivity index (χ2n) is 6.70. The summed E-state index contributed by atoms with van der Waals surface area (Å²) >= 11 is 1.68. The molecule has 1 spiro atoms. The van der Waals surface area contributed by atoms with Gasteiger partial charge in [0.05, 0.1) is 17.1 Å². The van der Waals surface area contributed by atoms with Crippen LogP contribution in [-0.4, -0.2) is 59.1 Å². The second kappa shape index (κ2) is 5.56. The predicted molar refractivity (Wildman–Crippen MR) is 85.1 cm³/mol. The molecule has 0 N–H and O–H groups in total. The van der Waals surface area contributed by atoms with Gasteiger partial charge in [-0.3, -0.25) is 9.59 Å². The smallest absolute Gasteiger partial charge is 0.250 e. The van der Waals surface area contributed by atoms with Crippen LogP contribution in [0.15, 0.2) is 5.38 Å². The van der Waals surface area contributed by atoms with Crippen LogP contribution in [-0.2, 0) is 20.7 Å². The predicted octanol–water partition coefficient (Wildman–Crippen LogP) is 1.37. The van der Waals surface area contributed by atoms with Crippen LogP contribution in [0.2, 0.25) is 0 Å². The molecule has 3 fully saturated rings. The van der Waals surface area contributed by atoms with E-state index in [2.05, 4.69) is 4.98 Å². The monoisotopic (exact) mass is 335 g/mol. The van der Waals surface area contributed by atoms with E-state index in [-0.39, 0.29) is 18.4 Å². The van der Waals surface area contributed by atoms with Gasteiger partial charge in [-0.05, 0) is 12.8 Å². The van der Waals surface area contributed by atoms with Gasteiger partial charge >= 0.3 is 0 Å². The normalized spacial score (nSPS) is 23.8. The van der Waals surface area contributed by atoms with Crippen molar-refractivity contribution in [2.24, 2.45) is 0 Å². The SMILES string of the molecule is CN1C(=O)COC12CCN(C(=O)Cc1csc(C3CC3)n1)CC2. The van der Waals surface area contributed by atoms with Crippen molar-refractivity contribution in [2.45, 2.75) is 43.7 Å². The third-order valence-electron chi connectivity index (χ3n) is 5.18. The Morgan fingerprint density at radius 3 is 2.78 bits per heavy atom. The molecule has 6 nitrogen and oxygen atoms in total. The molecular formula is C16H21N3O3S. The Hall–Kier alpha value is -1.47. The number of aromatic nitrogens is 1. The van der Waals surface area contributed by atoms with Crippen LogP contribution in [0.1, 0.15) is 42.3 Å². The number of amides is 2. The van der Waals surface area contributed by atoms with Gasteiger partial charge < -0.3 is 14.5 Å². The number of nitrogens with zero attached hydrogens (tertiary/aromatic N) is 3. The molecule has 1 aromatic rings. The van der Waals surface area contributed by atoms with E-state index in [1.54, 1.807) is 23.3 Å². The van der Waals surface area contributed by atoms with Crippen molar-refractivity contribution in [3.8, 4) is 0 Å². The fourth-order valence-electron chi connectivity index (χ4n) is 3.39. The molecule has 2 saturated heterocycles. The van der Waals surface area contributed by atoms with Gasteiger partial charge in [-0.25, -0.2) is 4.98 Å². The van der Waals surface area contributed by atoms with E-state index < -0.39 is 5.72 Å². The number of carbonyl (C=O) groups is 2. The largest absolute Gasteiger partial charge is 0.346 e. The maximum Gasteiger partial charge on any atom is 0.250 e. The number of likely N-dealkylation sites (tertiary alicyclic amines) is 1. The second-order valence-corrected chi connectivity index (χ2v) is 7.59. The van der Waals surface area contributed by atoms with E-state index in [0.717, 1.165) is 5.69 Å². The summed E-state index contributed by atoms with van der Waals surface area (Å²) in [6.07, 6.45) is 4.23. The molecule has 3 heterocycles. The van der Waals surface area contributed by atoms with Crippen LogP contribution in [0.5, 0.6) is 0 Å². The first kappa shape index (κ1) is 15.1. The molecule has 0 unspecified atom stereocenters. The number of hydrogen-bond donors (Lipinski definition) is 0. The number of ether oxygens (including phenoxy) is 1. The average Bonchev–Trinajstić information content (AvgIpc) is 3.26. The molecule has 0 aromatic carbocycles. The molecule has 23 heavy (non-hydrogen) atoms. The summed E-state index contributed by atoms with van der Waals surface area (Å²) in [4.78, 5) is 32.3. The zero-order chi connectivity index (χ0) is 16.0. The summed E-state index contributed by atoms with van der Waals surface area (Å²) in [5, 5.41) is 3.20. The Labute approximate surface area is 139 Å². The van der Waals surface area contributed by atoms with Gasteiger partial charge in [0.15, 0.2) is 0 Å². The Bertz CT molecular complexity index is 632. The zero-order valence-electron chi connectivity index (χ0n) is 13.3. The quantitative estimate of drug-likeness (QED) is 0.837. The molecule has 0 bridgehead atoms. The van der Waals surface area contributed by atoms with E-state index >= 15 is 0 Å². The van der Waals surface area contributed by atoms with E-state index in [4.69, 9.17) is 4.74 Å². The summed E-state index contributed by atoms with van der Waals surface area (Å²) in [6, 6.07) is 0. The maximum absolute atomic E-state index is 12.5. The summed E-state index contributed by atoms with van der Waals surface area (Å²) < 4.78 is 5.72. The van der Waals surface area contributed by atoms with Crippen LogP contribution >= 0.6 is 11.3 Å². The summed E-state index contributed by atoms with van der Waals surface area (Å²) in [5.41, 5.74) is 0.403. The van der Waals surface area contributed by atoms with Crippen molar-refractivity contribution < 1.29 is 14.3 Å². The van der Waals surface area contributed by atoms with Crippen LogP contribution in [0.4, 0.5) is 0 Å². The van der Waals surface area contributed by atoms with Crippen molar-refractivity contribution in [3.05, 3.63) is 16.1 Å². The molecular weight excluding hydrogens is 314 g/mol. The van der Waals surface area contributed by atoms with Crippen molar-refractivity contribution in [2.75, 3.05) is 26.7 Å². The molecule has 7 heteroatoms. The number of piperidine rings is 1. The number of hydrogen-bond acceptors (Lipinski definition) is 5. The number of rotatable bonds is 3. The average molecular weight is 335 g/mol. The van der Waals surface area contributed by atoms with Gasteiger partial charge in [0.25, 0.3) is 5.91 Å². The summed E-state index contributed by atoms with van der Waals surface area (Å²) in [6.45, 7) is 1.43. The third-order valence-corrected chi connectivity index (χ3v) is 6.23. The number of carbonyl (C=O) groups excluding carboxylic acids is 2. The van der Waals surface area contributed by atoms with Crippen LogP contribution in [0.25, 0.3) is 0 Å². The first-order chi connectivity index (χ1) is 11.1. The van der Waals surface area contributed by atoms with Gasteiger partial charge in [0, 0.05) is 44.3 Å². The molecule has 124 valence electrons. The highest BCUT2D eigenvalue weighted by atomic mass is 32.1. The minimum Gasteiger partial charge on any atom is -0.346 e. The molecule has 4 rings (SSSR count). The molecule has 0 radical (unpaired) electrons. The Morgan fingerprint density at radius 2 is 2.17 bits per heavy atom. The lowest BCUT2D eigenvalue weighted by Crippen LogP contribution is -2.53. The van der Waals surface area contributed by atoms with Gasteiger partial charge in [-0.15, -0.1) is 11.3 Å². The van der Waals surface area contributed by atoms with Crippen LogP contribution in [0, 0.1) is 0 Å². The molecule has 1 aromatic heterocycles. The van der Waals surface area contributed by atoms with Crippen molar-refractivity contribution in [3.63, 3.8) is 0 Å². The minimum atomic E-state index is -0.492. The van der Waals surface area contributed by atoms with E-state index in [1.807, 2.05) is 10.3 Å². The standard InChI is InChI=1S/C16H21N3O3S/c1-18-14(21)9-22-16(18)4-6-19(7-5-16)13(20)8-12-10-23-15(17-12)11-2-3-11/h10-11H,2-9H2,1H3. The zero-order valence-corrected chi connectivity index (χ0v) is 14.1. The van der Waals surface area contributed by atoms with Crippen molar-refractivity contribution in [1.82, 2.24) is 14.8 Å². The lowest BCUT2D eigenvalue weighted by atomic mass is 9.99. The van der Waals surface area contributed by atoms with Gasteiger partial charge in [-0.2, -0.15) is 0 Å². The Kier molecular flexibility index (Phi) is 3.65. The highest BCUT2D eigenvalue weighted by molar-refractivity contribution is 7.09. The number of likely N-dealkylation sites (N-methyl/N-ethyl adjacent to an activating group) is 1.